The van der Waals surface area contributed by atoms with Gasteiger partial charge in [0, 0.05) is 39.2 Å². The molecule has 0 saturated carbocycles. The Bertz CT molecular complexity index is 707. The number of likely N-dealkylation sites (tertiary alicyclic amines) is 2. The van der Waals surface area contributed by atoms with Crippen LogP contribution in [0.3, 0.4) is 0 Å². The minimum Gasteiger partial charge on any atom is -0.376 e. The van der Waals surface area contributed by atoms with Crippen molar-refractivity contribution in [1.29, 1.82) is 0 Å². The molecule has 6 heteroatoms. The van der Waals surface area contributed by atoms with E-state index in [1.54, 1.807) is 12.1 Å². The van der Waals surface area contributed by atoms with Crippen molar-refractivity contribution in [3.63, 3.8) is 0 Å². The van der Waals surface area contributed by atoms with Crippen molar-refractivity contribution < 1.29 is 18.7 Å². The van der Waals surface area contributed by atoms with Crippen LogP contribution in [-0.2, 0) is 20.7 Å². The van der Waals surface area contributed by atoms with E-state index in [1.165, 1.54) is 12.1 Å². The highest BCUT2D eigenvalue weighted by atomic mass is 19.1. The Morgan fingerprint density at radius 3 is 2.61 bits per heavy atom. The Morgan fingerprint density at radius 2 is 1.93 bits per heavy atom. The van der Waals surface area contributed by atoms with Gasteiger partial charge in [-0.05, 0) is 55.2 Å². The Hall–Kier alpha value is -1.95. The second-order valence-corrected chi connectivity index (χ2v) is 8.59. The topological polar surface area (TPSA) is 49.9 Å². The van der Waals surface area contributed by atoms with E-state index in [0.29, 0.717) is 19.4 Å². The molecule has 1 atom stereocenters. The van der Waals surface area contributed by atoms with Crippen LogP contribution in [0.1, 0.15) is 44.1 Å². The number of rotatable bonds is 4. The van der Waals surface area contributed by atoms with Crippen LogP contribution in [0.2, 0.25) is 0 Å². The van der Waals surface area contributed by atoms with Gasteiger partial charge in [0.05, 0.1) is 12.5 Å². The highest BCUT2D eigenvalue weighted by Gasteiger charge is 2.42. The van der Waals surface area contributed by atoms with E-state index in [9.17, 15) is 14.0 Å². The van der Waals surface area contributed by atoms with E-state index in [4.69, 9.17) is 4.74 Å². The first-order chi connectivity index (χ1) is 13.5. The summed E-state index contributed by atoms with van der Waals surface area (Å²) in [5.41, 5.74) is 0.983. The zero-order chi connectivity index (χ0) is 19.6. The largest absolute Gasteiger partial charge is 0.376 e. The van der Waals surface area contributed by atoms with Crippen LogP contribution in [0.15, 0.2) is 24.3 Å². The second-order valence-electron chi connectivity index (χ2n) is 8.59. The van der Waals surface area contributed by atoms with Crippen molar-refractivity contribution in [2.45, 2.75) is 51.0 Å². The van der Waals surface area contributed by atoms with E-state index in [0.717, 1.165) is 63.9 Å². The number of hydrogen-bond acceptors (Lipinski definition) is 3. The Labute approximate surface area is 165 Å². The predicted molar refractivity (Wildman–Crippen MR) is 103 cm³/mol. The van der Waals surface area contributed by atoms with Crippen LogP contribution in [0, 0.1) is 11.2 Å². The van der Waals surface area contributed by atoms with Gasteiger partial charge in [0.2, 0.25) is 11.8 Å². The molecule has 1 aromatic rings. The summed E-state index contributed by atoms with van der Waals surface area (Å²) in [7, 11) is 0. The third-order valence-corrected chi connectivity index (χ3v) is 6.64. The maximum Gasteiger partial charge on any atom is 0.226 e. The molecule has 0 aliphatic carbocycles. The minimum absolute atomic E-state index is 0.101. The normalized spacial score (nSPS) is 24.8. The van der Waals surface area contributed by atoms with Crippen molar-refractivity contribution in [2.75, 3.05) is 32.8 Å². The quantitative estimate of drug-likeness (QED) is 0.797. The lowest BCUT2D eigenvalue weighted by molar-refractivity contribution is -0.143. The fraction of sp³-hybridized carbons (Fsp3) is 0.636. The summed E-state index contributed by atoms with van der Waals surface area (Å²) in [4.78, 5) is 28.9. The van der Waals surface area contributed by atoms with Crippen LogP contribution in [0.4, 0.5) is 4.39 Å². The lowest BCUT2D eigenvalue weighted by Gasteiger charge is -2.47. The number of halogens is 1. The van der Waals surface area contributed by atoms with E-state index in [2.05, 4.69) is 0 Å². The van der Waals surface area contributed by atoms with Gasteiger partial charge in [0.15, 0.2) is 0 Å². The number of carbonyl (C=O) groups excluding carboxylic acids is 2. The van der Waals surface area contributed by atoms with Gasteiger partial charge < -0.3 is 14.5 Å². The second kappa shape index (κ2) is 8.19. The van der Waals surface area contributed by atoms with E-state index in [-0.39, 0.29) is 29.2 Å². The molecule has 3 aliphatic heterocycles. The van der Waals surface area contributed by atoms with Crippen molar-refractivity contribution >= 4 is 11.8 Å². The number of hydrogen-bond donors (Lipinski definition) is 0. The highest BCUT2D eigenvalue weighted by Crippen LogP contribution is 2.40. The molecular weight excluding hydrogens is 359 g/mol. The van der Waals surface area contributed by atoms with Crippen LogP contribution < -0.4 is 0 Å². The zero-order valence-electron chi connectivity index (χ0n) is 16.4. The number of amides is 2. The van der Waals surface area contributed by atoms with Gasteiger partial charge in [0.25, 0.3) is 0 Å². The van der Waals surface area contributed by atoms with Gasteiger partial charge in [-0.15, -0.1) is 0 Å². The standard InChI is InChI=1S/C22H29FN2O3/c23-18-5-3-17(4-6-18)14-21(27)24-11-9-22(10-12-24)8-7-20(26)25(16-22)15-19-2-1-13-28-19/h3-6,19H,1-2,7-16H2/t19-/m0/s1. The highest BCUT2D eigenvalue weighted by molar-refractivity contribution is 5.79. The van der Waals surface area contributed by atoms with Crippen LogP contribution in [0.25, 0.3) is 0 Å². The molecule has 3 saturated heterocycles. The molecule has 0 unspecified atom stereocenters. The first kappa shape index (κ1) is 19.4. The molecule has 3 heterocycles. The summed E-state index contributed by atoms with van der Waals surface area (Å²) in [5, 5.41) is 0. The van der Waals surface area contributed by atoms with Crippen molar-refractivity contribution in [3.8, 4) is 0 Å². The predicted octanol–water partition coefficient (Wildman–Crippen LogP) is 2.78. The third kappa shape index (κ3) is 4.37. The maximum absolute atomic E-state index is 13.0. The lowest BCUT2D eigenvalue weighted by Crippen LogP contribution is -2.53. The van der Waals surface area contributed by atoms with E-state index >= 15 is 0 Å². The van der Waals surface area contributed by atoms with Crippen molar-refractivity contribution in [3.05, 3.63) is 35.6 Å². The molecule has 1 aromatic carbocycles. The van der Waals surface area contributed by atoms with E-state index in [1.807, 2.05) is 9.80 Å². The summed E-state index contributed by atoms with van der Waals surface area (Å²) in [6.45, 7) is 3.80. The molecule has 0 aromatic heterocycles. The van der Waals surface area contributed by atoms with E-state index < -0.39 is 0 Å². The summed E-state index contributed by atoms with van der Waals surface area (Å²) in [6, 6.07) is 6.15. The minimum atomic E-state index is -0.282. The van der Waals surface area contributed by atoms with Gasteiger partial charge in [0.1, 0.15) is 5.82 Å². The first-order valence-corrected chi connectivity index (χ1v) is 10.4. The average Bonchev–Trinajstić information content (AvgIpc) is 3.20. The molecule has 2 amide bonds. The molecule has 4 rings (SSSR count). The van der Waals surface area contributed by atoms with Crippen molar-refractivity contribution in [1.82, 2.24) is 9.80 Å². The fourth-order valence-corrected chi connectivity index (χ4v) is 4.83. The molecule has 0 bridgehead atoms. The van der Waals surface area contributed by atoms with Gasteiger partial charge in [-0.2, -0.15) is 0 Å². The fourth-order valence-electron chi connectivity index (χ4n) is 4.83. The molecule has 28 heavy (non-hydrogen) atoms. The maximum atomic E-state index is 13.0. The molecule has 1 spiro atoms. The number of ether oxygens (including phenoxy) is 1. The number of benzene rings is 1. The van der Waals surface area contributed by atoms with Crippen LogP contribution >= 0.6 is 0 Å². The van der Waals surface area contributed by atoms with Gasteiger partial charge in [-0.3, -0.25) is 9.59 Å². The molecule has 0 N–H and O–H groups in total. The lowest BCUT2D eigenvalue weighted by atomic mass is 9.72. The number of carbonyl (C=O) groups is 2. The summed E-state index contributed by atoms with van der Waals surface area (Å²) in [5.74, 6) is 0.0658. The number of piperidine rings is 2. The SMILES string of the molecule is O=C(Cc1ccc(F)cc1)N1CCC2(CCC(=O)N(C[C@@H]3CCCO3)C2)CC1. The monoisotopic (exact) mass is 388 g/mol. The Balaban J connectivity index is 1.31. The molecule has 0 radical (unpaired) electrons. The summed E-state index contributed by atoms with van der Waals surface area (Å²) in [6.07, 6.45) is 6.05. The van der Waals surface area contributed by atoms with Gasteiger partial charge in [-0.25, -0.2) is 4.39 Å². The smallest absolute Gasteiger partial charge is 0.226 e. The molecular formula is C22H29FN2O3. The first-order valence-electron chi connectivity index (χ1n) is 10.4. The third-order valence-electron chi connectivity index (χ3n) is 6.64. The zero-order valence-corrected chi connectivity index (χ0v) is 16.4. The molecule has 3 aliphatic rings. The number of nitrogens with zero attached hydrogens (tertiary/aromatic N) is 2. The average molecular weight is 388 g/mol. The molecule has 5 nitrogen and oxygen atoms in total. The van der Waals surface area contributed by atoms with Crippen LogP contribution in [0.5, 0.6) is 0 Å². The van der Waals surface area contributed by atoms with Gasteiger partial charge >= 0.3 is 0 Å². The molecule has 152 valence electrons. The Kier molecular flexibility index (Phi) is 5.67. The Morgan fingerprint density at radius 1 is 1.18 bits per heavy atom. The van der Waals surface area contributed by atoms with Gasteiger partial charge in [-0.1, -0.05) is 12.1 Å². The summed E-state index contributed by atoms with van der Waals surface area (Å²) < 4.78 is 18.8. The molecule has 3 fully saturated rings. The van der Waals surface area contributed by atoms with Crippen LogP contribution in [-0.4, -0.2) is 60.5 Å². The van der Waals surface area contributed by atoms with Crippen molar-refractivity contribution in [2.24, 2.45) is 5.41 Å². The summed E-state index contributed by atoms with van der Waals surface area (Å²) >= 11 is 0.